The number of carbonyl (C=O) groups is 1. The van der Waals surface area contributed by atoms with E-state index in [1.807, 2.05) is 36.4 Å². The number of rotatable bonds is 6. The Morgan fingerprint density at radius 1 is 1.00 bits per heavy atom. The minimum Gasteiger partial charge on any atom is -0.375 e. The van der Waals surface area contributed by atoms with E-state index in [4.69, 9.17) is 4.74 Å². The Balaban J connectivity index is 1.55. The van der Waals surface area contributed by atoms with E-state index in [2.05, 4.69) is 4.72 Å². The number of carbonyl (C=O) groups excluding carboxylic acids is 1. The van der Waals surface area contributed by atoms with Crippen molar-refractivity contribution < 1.29 is 17.9 Å². The molecular formula is C23H22N2O4S. The van der Waals surface area contributed by atoms with Crippen LogP contribution in [0.15, 0.2) is 77.7 Å². The van der Waals surface area contributed by atoms with Crippen LogP contribution >= 0.6 is 0 Å². The van der Waals surface area contributed by atoms with Crippen molar-refractivity contribution in [2.24, 2.45) is 0 Å². The van der Waals surface area contributed by atoms with Gasteiger partial charge in [0.25, 0.3) is 15.9 Å². The highest BCUT2D eigenvalue weighted by atomic mass is 32.2. The second-order valence-corrected chi connectivity index (χ2v) is 8.75. The highest BCUT2D eigenvalue weighted by Gasteiger charge is 2.25. The number of sulfonamides is 1. The zero-order chi connectivity index (χ0) is 21.1. The van der Waals surface area contributed by atoms with Crippen molar-refractivity contribution in [1.29, 1.82) is 0 Å². The molecule has 0 fully saturated rings. The lowest BCUT2D eigenvalue weighted by molar-refractivity contribution is -0.122. The molecule has 6 nitrogen and oxygen atoms in total. The molecule has 1 heterocycles. The number of nitrogens with one attached hydrogen (secondary N) is 1. The van der Waals surface area contributed by atoms with Crippen LogP contribution in [0.4, 0.5) is 11.4 Å². The van der Waals surface area contributed by atoms with Gasteiger partial charge < -0.3 is 9.64 Å². The van der Waals surface area contributed by atoms with Gasteiger partial charge in [0, 0.05) is 19.3 Å². The van der Waals surface area contributed by atoms with E-state index in [0.717, 1.165) is 28.8 Å². The molecule has 1 N–H and O–H groups in total. The standard InChI is InChI=1S/C23H22N2O4S/c1-29-16-23(26)25-14-13-19-7-10-20(15-22(19)25)24-30(27,28)21-11-8-18(9-12-21)17-5-3-2-4-6-17/h2-12,15,24H,13-14,16H2,1H3. The molecule has 0 aromatic heterocycles. The fraction of sp³-hybridized carbons (Fsp3) is 0.174. The number of methoxy groups -OCH3 is 1. The molecule has 1 amide bonds. The van der Waals surface area contributed by atoms with Gasteiger partial charge in [-0.25, -0.2) is 8.42 Å². The second kappa shape index (κ2) is 8.30. The third kappa shape index (κ3) is 4.08. The predicted molar refractivity (Wildman–Crippen MR) is 117 cm³/mol. The smallest absolute Gasteiger partial charge is 0.261 e. The van der Waals surface area contributed by atoms with Crippen LogP contribution in [-0.4, -0.2) is 34.6 Å². The van der Waals surface area contributed by atoms with Crippen molar-refractivity contribution in [2.75, 3.05) is 29.9 Å². The minimum atomic E-state index is -3.76. The van der Waals surface area contributed by atoms with Gasteiger partial charge >= 0.3 is 0 Å². The molecule has 4 rings (SSSR count). The van der Waals surface area contributed by atoms with E-state index >= 15 is 0 Å². The van der Waals surface area contributed by atoms with Gasteiger partial charge in [0.2, 0.25) is 0 Å². The van der Waals surface area contributed by atoms with E-state index in [1.165, 1.54) is 7.11 Å². The van der Waals surface area contributed by atoms with Gasteiger partial charge in [0.1, 0.15) is 6.61 Å². The molecule has 0 saturated carbocycles. The predicted octanol–water partition coefficient (Wildman–Crippen LogP) is 3.69. The van der Waals surface area contributed by atoms with Crippen molar-refractivity contribution in [3.05, 3.63) is 78.4 Å². The van der Waals surface area contributed by atoms with Crippen molar-refractivity contribution in [1.82, 2.24) is 0 Å². The number of amides is 1. The second-order valence-electron chi connectivity index (χ2n) is 7.07. The summed E-state index contributed by atoms with van der Waals surface area (Å²) in [7, 11) is -2.28. The van der Waals surface area contributed by atoms with Crippen LogP contribution in [0, 0.1) is 0 Å². The quantitative estimate of drug-likeness (QED) is 0.657. The lowest BCUT2D eigenvalue weighted by Gasteiger charge is -2.18. The largest absolute Gasteiger partial charge is 0.375 e. The molecule has 0 saturated heterocycles. The van der Waals surface area contributed by atoms with Gasteiger partial charge in [-0.1, -0.05) is 48.5 Å². The first-order chi connectivity index (χ1) is 14.5. The SMILES string of the molecule is COCC(=O)N1CCc2ccc(NS(=O)(=O)c3ccc(-c4ccccc4)cc3)cc21. The van der Waals surface area contributed by atoms with Gasteiger partial charge in [-0.3, -0.25) is 9.52 Å². The summed E-state index contributed by atoms with van der Waals surface area (Å²) >= 11 is 0. The monoisotopic (exact) mass is 422 g/mol. The molecule has 1 aliphatic heterocycles. The van der Waals surface area contributed by atoms with Gasteiger partial charge in [-0.2, -0.15) is 0 Å². The first kappa shape index (κ1) is 20.1. The van der Waals surface area contributed by atoms with Crippen LogP contribution in [0.5, 0.6) is 0 Å². The topological polar surface area (TPSA) is 75.7 Å². The summed E-state index contributed by atoms with van der Waals surface area (Å²) in [5, 5.41) is 0. The molecule has 3 aromatic carbocycles. The first-order valence-electron chi connectivity index (χ1n) is 9.58. The third-order valence-corrected chi connectivity index (χ3v) is 6.47. The highest BCUT2D eigenvalue weighted by molar-refractivity contribution is 7.92. The molecule has 3 aromatic rings. The van der Waals surface area contributed by atoms with E-state index < -0.39 is 10.0 Å². The van der Waals surface area contributed by atoms with Gasteiger partial charge in [-0.05, 0) is 47.4 Å². The Morgan fingerprint density at radius 3 is 2.40 bits per heavy atom. The third-order valence-electron chi connectivity index (χ3n) is 5.07. The van der Waals surface area contributed by atoms with Crippen LogP contribution < -0.4 is 9.62 Å². The molecule has 0 atom stereocenters. The fourth-order valence-electron chi connectivity index (χ4n) is 3.57. The van der Waals surface area contributed by atoms with Gasteiger partial charge in [0.15, 0.2) is 0 Å². The first-order valence-corrected chi connectivity index (χ1v) is 11.1. The van der Waals surface area contributed by atoms with Crippen LogP contribution in [0.3, 0.4) is 0 Å². The number of benzene rings is 3. The molecule has 0 spiro atoms. The van der Waals surface area contributed by atoms with Crippen LogP contribution in [-0.2, 0) is 26.0 Å². The van der Waals surface area contributed by atoms with Crippen molar-refractivity contribution in [3.8, 4) is 11.1 Å². The zero-order valence-electron chi connectivity index (χ0n) is 16.5. The number of hydrogen-bond acceptors (Lipinski definition) is 4. The molecule has 0 bridgehead atoms. The van der Waals surface area contributed by atoms with Crippen molar-refractivity contribution in [3.63, 3.8) is 0 Å². The zero-order valence-corrected chi connectivity index (χ0v) is 17.4. The Bertz CT molecular complexity index is 1160. The molecule has 7 heteroatoms. The van der Waals surface area contributed by atoms with E-state index in [1.54, 1.807) is 41.3 Å². The number of hydrogen-bond donors (Lipinski definition) is 1. The molecule has 154 valence electrons. The number of ether oxygens (including phenoxy) is 1. The molecular weight excluding hydrogens is 400 g/mol. The lowest BCUT2D eigenvalue weighted by Crippen LogP contribution is -2.32. The van der Waals surface area contributed by atoms with Crippen LogP contribution in [0.1, 0.15) is 5.56 Å². The molecule has 0 aliphatic carbocycles. The summed E-state index contributed by atoms with van der Waals surface area (Å²) in [6.07, 6.45) is 0.735. The minimum absolute atomic E-state index is 0.0108. The van der Waals surface area contributed by atoms with E-state index in [0.29, 0.717) is 12.2 Å². The van der Waals surface area contributed by atoms with Crippen LogP contribution in [0.25, 0.3) is 11.1 Å². The summed E-state index contributed by atoms with van der Waals surface area (Å²) in [5.41, 5.74) is 4.11. The van der Waals surface area contributed by atoms with E-state index in [-0.39, 0.29) is 17.4 Å². The lowest BCUT2D eigenvalue weighted by atomic mass is 10.1. The number of nitrogens with zero attached hydrogens (tertiary/aromatic N) is 1. The summed E-state index contributed by atoms with van der Waals surface area (Å²) in [6, 6.07) is 21.8. The Morgan fingerprint density at radius 2 is 1.70 bits per heavy atom. The van der Waals surface area contributed by atoms with Crippen molar-refractivity contribution in [2.45, 2.75) is 11.3 Å². The number of fused-ring (bicyclic) bond motifs is 1. The summed E-state index contributed by atoms with van der Waals surface area (Å²) in [4.78, 5) is 14.0. The normalized spacial score (nSPS) is 13.2. The Kier molecular flexibility index (Phi) is 5.57. The maximum Gasteiger partial charge on any atom is 0.261 e. The average Bonchev–Trinajstić information content (AvgIpc) is 3.18. The summed E-state index contributed by atoms with van der Waals surface area (Å²) < 4.78 is 33.3. The van der Waals surface area contributed by atoms with Crippen molar-refractivity contribution >= 4 is 27.3 Å². The summed E-state index contributed by atoms with van der Waals surface area (Å²) in [5.74, 6) is -0.146. The number of anilines is 2. The Hall–Kier alpha value is -3.16. The molecule has 0 unspecified atom stereocenters. The average molecular weight is 423 g/mol. The maximum absolute atomic E-state index is 12.9. The highest BCUT2D eigenvalue weighted by Crippen LogP contribution is 2.32. The van der Waals surface area contributed by atoms with Gasteiger partial charge in [0.05, 0.1) is 10.6 Å². The fourth-order valence-corrected chi connectivity index (χ4v) is 4.62. The Labute approximate surface area is 176 Å². The van der Waals surface area contributed by atoms with Crippen LogP contribution in [0.2, 0.25) is 0 Å². The summed E-state index contributed by atoms with van der Waals surface area (Å²) in [6.45, 7) is 0.553. The van der Waals surface area contributed by atoms with E-state index in [9.17, 15) is 13.2 Å². The molecule has 1 aliphatic rings. The van der Waals surface area contributed by atoms with Gasteiger partial charge in [-0.15, -0.1) is 0 Å². The maximum atomic E-state index is 12.9. The molecule has 30 heavy (non-hydrogen) atoms. The molecule has 0 radical (unpaired) electrons.